The molecule has 0 radical (unpaired) electrons. The molecule has 0 spiro atoms. The Morgan fingerprint density at radius 2 is 2.12 bits per heavy atom. The highest BCUT2D eigenvalue weighted by Gasteiger charge is 2.17. The molecule has 6 nitrogen and oxygen atoms in total. The van der Waals surface area contributed by atoms with Crippen LogP contribution in [0.4, 0.5) is 10.2 Å². The Hall–Kier alpha value is -2.25. The summed E-state index contributed by atoms with van der Waals surface area (Å²) in [5, 5.41) is 7.92. The standard InChI is InChI=1S/C17H18ClFN6/c18-10-6-12-13(8-22-15(12)21-7-10)16-23-9-14(19)17(25-16)24-11-2-1-4-20-5-3-11/h6-9,11,20H,1-5H2,(H,21,22)(H,23,24,25). The van der Waals surface area contributed by atoms with Crippen molar-refractivity contribution in [1.82, 2.24) is 25.3 Å². The smallest absolute Gasteiger partial charge is 0.183 e. The van der Waals surface area contributed by atoms with Crippen LogP contribution >= 0.6 is 11.6 Å². The maximum atomic E-state index is 14.2. The first kappa shape index (κ1) is 16.2. The lowest BCUT2D eigenvalue weighted by Crippen LogP contribution is -2.23. The summed E-state index contributed by atoms with van der Waals surface area (Å²) in [4.78, 5) is 15.9. The van der Waals surface area contributed by atoms with Crippen LogP contribution in [0, 0.1) is 5.82 Å². The number of halogens is 2. The van der Waals surface area contributed by atoms with Crippen molar-refractivity contribution in [3.63, 3.8) is 0 Å². The van der Waals surface area contributed by atoms with E-state index in [1.54, 1.807) is 18.5 Å². The molecule has 4 rings (SSSR count). The second-order valence-electron chi connectivity index (χ2n) is 6.16. The van der Waals surface area contributed by atoms with E-state index in [9.17, 15) is 4.39 Å². The van der Waals surface area contributed by atoms with Crippen LogP contribution < -0.4 is 10.6 Å². The summed E-state index contributed by atoms with van der Waals surface area (Å²) < 4.78 is 14.2. The minimum atomic E-state index is -0.447. The van der Waals surface area contributed by atoms with Crippen LogP contribution in [0.25, 0.3) is 22.4 Å². The molecule has 1 fully saturated rings. The Morgan fingerprint density at radius 1 is 1.20 bits per heavy atom. The molecule has 3 N–H and O–H groups in total. The minimum Gasteiger partial charge on any atom is -0.365 e. The molecule has 1 aliphatic heterocycles. The van der Waals surface area contributed by atoms with Crippen molar-refractivity contribution in [2.24, 2.45) is 0 Å². The number of hydrogen-bond donors (Lipinski definition) is 3. The summed E-state index contributed by atoms with van der Waals surface area (Å²) in [7, 11) is 0. The van der Waals surface area contributed by atoms with Gasteiger partial charge in [-0.15, -0.1) is 0 Å². The van der Waals surface area contributed by atoms with Gasteiger partial charge in [-0.2, -0.15) is 0 Å². The average Bonchev–Trinajstić information content (AvgIpc) is 2.84. The molecule has 1 unspecified atom stereocenters. The number of nitrogens with one attached hydrogen (secondary N) is 3. The highest BCUT2D eigenvalue weighted by atomic mass is 35.5. The average molecular weight is 361 g/mol. The monoisotopic (exact) mass is 360 g/mol. The fraction of sp³-hybridized carbons (Fsp3) is 0.353. The number of rotatable bonds is 3. The fourth-order valence-corrected chi connectivity index (χ4v) is 3.28. The maximum Gasteiger partial charge on any atom is 0.183 e. The Labute approximate surface area is 149 Å². The van der Waals surface area contributed by atoms with E-state index >= 15 is 0 Å². The molecule has 4 heterocycles. The lowest BCUT2D eigenvalue weighted by Gasteiger charge is -2.17. The summed E-state index contributed by atoms with van der Waals surface area (Å²) >= 11 is 6.04. The van der Waals surface area contributed by atoms with E-state index in [0.29, 0.717) is 16.5 Å². The van der Waals surface area contributed by atoms with Gasteiger partial charge in [-0.05, 0) is 38.4 Å². The summed E-state index contributed by atoms with van der Waals surface area (Å²) in [6, 6.07) is 2.00. The van der Waals surface area contributed by atoms with Gasteiger partial charge in [0.2, 0.25) is 0 Å². The third-order valence-electron chi connectivity index (χ3n) is 4.40. The van der Waals surface area contributed by atoms with Crippen LogP contribution in [0.15, 0.2) is 24.7 Å². The zero-order valence-electron chi connectivity index (χ0n) is 13.5. The molecule has 130 valence electrons. The highest BCUT2D eigenvalue weighted by Crippen LogP contribution is 2.28. The van der Waals surface area contributed by atoms with Gasteiger partial charge in [-0.3, -0.25) is 0 Å². The predicted molar refractivity (Wildman–Crippen MR) is 96.2 cm³/mol. The predicted octanol–water partition coefficient (Wildman–Crippen LogP) is 3.37. The lowest BCUT2D eigenvalue weighted by molar-refractivity contribution is 0.594. The molecule has 1 atom stereocenters. The SMILES string of the molecule is Fc1cnc(-c2c[nH]c3ncc(Cl)cc23)nc1NC1CCCNCC1. The largest absolute Gasteiger partial charge is 0.365 e. The maximum absolute atomic E-state index is 14.2. The molecular weight excluding hydrogens is 343 g/mol. The van der Waals surface area contributed by atoms with Crippen molar-refractivity contribution in [1.29, 1.82) is 0 Å². The molecule has 1 aliphatic rings. The van der Waals surface area contributed by atoms with Crippen LogP contribution in [-0.2, 0) is 0 Å². The zero-order chi connectivity index (χ0) is 17.2. The Morgan fingerprint density at radius 3 is 3.04 bits per heavy atom. The van der Waals surface area contributed by atoms with E-state index in [1.807, 2.05) is 0 Å². The second-order valence-corrected chi connectivity index (χ2v) is 6.60. The van der Waals surface area contributed by atoms with E-state index < -0.39 is 5.82 Å². The van der Waals surface area contributed by atoms with Crippen LogP contribution in [0.2, 0.25) is 5.02 Å². The third-order valence-corrected chi connectivity index (χ3v) is 4.61. The number of H-pyrrole nitrogens is 1. The van der Waals surface area contributed by atoms with Gasteiger partial charge >= 0.3 is 0 Å². The van der Waals surface area contributed by atoms with Gasteiger partial charge in [0.25, 0.3) is 0 Å². The van der Waals surface area contributed by atoms with E-state index in [-0.39, 0.29) is 11.9 Å². The number of pyridine rings is 1. The van der Waals surface area contributed by atoms with E-state index in [0.717, 1.165) is 43.3 Å². The number of nitrogens with zero attached hydrogens (tertiary/aromatic N) is 3. The van der Waals surface area contributed by atoms with Crippen LogP contribution in [-0.4, -0.2) is 39.1 Å². The number of aromatic amines is 1. The van der Waals surface area contributed by atoms with Crippen molar-refractivity contribution in [2.45, 2.75) is 25.3 Å². The van der Waals surface area contributed by atoms with Gasteiger partial charge in [0, 0.05) is 29.4 Å². The first-order chi connectivity index (χ1) is 12.2. The van der Waals surface area contributed by atoms with Gasteiger partial charge in [0.05, 0.1) is 11.2 Å². The molecule has 3 aromatic heterocycles. The van der Waals surface area contributed by atoms with Gasteiger partial charge in [0.15, 0.2) is 17.5 Å². The van der Waals surface area contributed by atoms with Crippen molar-refractivity contribution in [3.05, 3.63) is 35.5 Å². The van der Waals surface area contributed by atoms with Crippen molar-refractivity contribution < 1.29 is 4.39 Å². The first-order valence-electron chi connectivity index (χ1n) is 8.33. The summed E-state index contributed by atoms with van der Waals surface area (Å²) in [6.07, 6.45) is 7.52. The number of aromatic nitrogens is 4. The van der Waals surface area contributed by atoms with E-state index in [4.69, 9.17) is 11.6 Å². The summed E-state index contributed by atoms with van der Waals surface area (Å²) in [5.74, 6) is 0.226. The zero-order valence-corrected chi connectivity index (χ0v) is 14.3. The highest BCUT2D eigenvalue weighted by molar-refractivity contribution is 6.31. The number of fused-ring (bicyclic) bond motifs is 1. The van der Waals surface area contributed by atoms with Crippen molar-refractivity contribution >= 4 is 28.5 Å². The quantitative estimate of drug-likeness (QED) is 0.667. The normalized spacial score (nSPS) is 18.2. The molecule has 0 bridgehead atoms. The lowest BCUT2D eigenvalue weighted by atomic mass is 10.1. The molecule has 8 heteroatoms. The second kappa shape index (κ2) is 6.93. The molecule has 0 saturated carbocycles. The molecule has 0 aliphatic carbocycles. The summed E-state index contributed by atoms with van der Waals surface area (Å²) in [6.45, 7) is 1.92. The fourth-order valence-electron chi connectivity index (χ4n) is 3.12. The van der Waals surface area contributed by atoms with Crippen LogP contribution in [0.3, 0.4) is 0 Å². The van der Waals surface area contributed by atoms with Crippen molar-refractivity contribution in [2.75, 3.05) is 18.4 Å². The molecule has 1 saturated heterocycles. The van der Waals surface area contributed by atoms with E-state index in [1.165, 1.54) is 6.20 Å². The Kier molecular flexibility index (Phi) is 4.50. The number of anilines is 1. The molecule has 0 amide bonds. The molecule has 3 aromatic rings. The summed E-state index contributed by atoms with van der Waals surface area (Å²) in [5.41, 5.74) is 1.44. The Balaban J connectivity index is 1.67. The van der Waals surface area contributed by atoms with Crippen LogP contribution in [0.1, 0.15) is 19.3 Å². The third kappa shape index (κ3) is 3.43. The van der Waals surface area contributed by atoms with Gasteiger partial charge in [-0.25, -0.2) is 19.3 Å². The van der Waals surface area contributed by atoms with Gasteiger partial charge < -0.3 is 15.6 Å². The number of hydrogen-bond acceptors (Lipinski definition) is 5. The van der Waals surface area contributed by atoms with E-state index in [2.05, 4.69) is 30.6 Å². The first-order valence-corrected chi connectivity index (χ1v) is 8.71. The minimum absolute atomic E-state index is 0.200. The molecular formula is C17H18ClFN6. The molecule has 25 heavy (non-hydrogen) atoms. The molecule has 0 aromatic carbocycles. The van der Waals surface area contributed by atoms with Gasteiger partial charge in [-0.1, -0.05) is 11.6 Å². The van der Waals surface area contributed by atoms with Crippen molar-refractivity contribution in [3.8, 4) is 11.4 Å². The topological polar surface area (TPSA) is 78.5 Å². The van der Waals surface area contributed by atoms with Crippen LogP contribution in [0.5, 0.6) is 0 Å². The Bertz CT molecular complexity index is 888. The van der Waals surface area contributed by atoms with Gasteiger partial charge in [0.1, 0.15) is 5.65 Å².